The van der Waals surface area contributed by atoms with Crippen molar-refractivity contribution in [3.63, 3.8) is 0 Å². The third-order valence-electron chi connectivity index (χ3n) is 6.91. The van der Waals surface area contributed by atoms with Crippen molar-refractivity contribution >= 4 is 11.8 Å². The number of carbonyl (C=O) groups excluding carboxylic acids is 2. The van der Waals surface area contributed by atoms with E-state index in [1.165, 1.54) is 19.2 Å². The fraction of sp³-hybridized carbons (Fsp3) is 0.462. The minimum atomic E-state index is -5.08. The van der Waals surface area contributed by atoms with Crippen LogP contribution in [0.4, 0.5) is 26.3 Å². The molecule has 4 rings (SSSR count). The van der Waals surface area contributed by atoms with Crippen molar-refractivity contribution in [1.29, 1.82) is 0 Å². The molecule has 200 valence electrons. The fourth-order valence-corrected chi connectivity index (χ4v) is 5.19. The summed E-state index contributed by atoms with van der Waals surface area (Å²) in [6.45, 7) is -0.175. The molecular formula is C26H26F6N2O3. The van der Waals surface area contributed by atoms with Crippen LogP contribution in [0.5, 0.6) is 0 Å². The lowest BCUT2D eigenvalue weighted by Gasteiger charge is -2.42. The second-order valence-electron chi connectivity index (χ2n) is 9.33. The minimum absolute atomic E-state index is 0.0353. The third-order valence-corrected chi connectivity index (χ3v) is 6.91. The largest absolute Gasteiger partial charge is 0.416 e. The Balaban J connectivity index is 1.93. The Morgan fingerprint density at radius 3 is 2.16 bits per heavy atom. The van der Waals surface area contributed by atoms with Crippen LogP contribution in [0, 0.1) is 0 Å². The molecule has 2 amide bonds. The topological polar surface area (TPSA) is 58.6 Å². The van der Waals surface area contributed by atoms with Crippen LogP contribution in [-0.4, -0.2) is 43.0 Å². The molecule has 0 aromatic heterocycles. The molecule has 2 aromatic rings. The van der Waals surface area contributed by atoms with Gasteiger partial charge in [0.1, 0.15) is 0 Å². The highest BCUT2D eigenvalue weighted by atomic mass is 19.4. The summed E-state index contributed by atoms with van der Waals surface area (Å²) in [5.41, 5.74) is -3.01. The summed E-state index contributed by atoms with van der Waals surface area (Å²) >= 11 is 0. The van der Waals surface area contributed by atoms with Gasteiger partial charge in [0.25, 0.3) is 5.91 Å². The van der Waals surface area contributed by atoms with Gasteiger partial charge in [0.05, 0.1) is 29.7 Å². The van der Waals surface area contributed by atoms with Crippen molar-refractivity contribution in [3.05, 3.63) is 70.3 Å². The smallest absolute Gasteiger partial charge is 0.383 e. The first-order valence-corrected chi connectivity index (χ1v) is 11.9. The van der Waals surface area contributed by atoms with E-state index in [0.717, 1.165) is 30.6 Å². The molecular weight excluding hydrogens is 502 g/mol. The molecule has 1 aliphatic carbocycles. The van der Waals surface area contributed by atoms with Crippen LogP contribution in [0.2, 0.25) is 0 Å². The Morgan fingerprint density at radius 2 is 1.59 bits per heavy atom. The van der Waals surface area contributed by atoms with Gasteiger partial charge in [-0.2, -0.15) is 26.3 Å². The Morgan fingerprint density at radius 1 is 1.00 bits per heavy atom. The van der Waals surface area contributed by atoms with Crippen LogP contribution < -0.4 is 5.32 Å². The molecule has 11 heteroatoms. The second kappa shape index (κ2) is 10.4. The molecule has 1 fully saturated rings. The van der Waals surface area contributed by atoms with Gasteiger partial charge in [0.15, 0.2) is 0 Å². The number of fused-ring (bicyclic) bond motifs is 1. The van der Waals surface area contributed by atoms with Crippen molar-refractivity contribution in [2.45, 2.75) is 56.0 Å². The number of alkyl halides is 6. The van der Waals surface area contributed by atoms with E-state index >= 15 is 0 Å². The average molecular weight is 528 g/mol. The van der Waals surface area contributed by atoms with Crippen LogP contribution in [-0.2, 0) is 21.9 Å². The Bertz CT molecular complexity index is 1130. The van der Waals surface area contributed by atoms with E-state index < -0.39 is 52.8 Å². The number of halogens is 6. The van der Waals surface area contributed by atoms with Gasteiger partial charge in [-0.1, -0.05) is 31.0 Å². The molecule has 5 nitrogen and oxygen atoms in total. The van der Waals surface area contributed by atoms with Gasteiger partial charge >= 0.3 is 12.4 Å². The normalized spacial score (nSPS) is 20.7. The predicted molar refractivity (Wildman–Crippen MR) is 122 cm³/mol. The lowest BCUT2D eigenvalue weighted by Crippen LogP contribution is -2.49. The fourth-order valence-electron chi connectivity index (χ4n) is 5.19. The van der Waals surface area contributed by atoms with E-state index in [-0.39, 0.29) is 36.4 Å². The lowest BCUT2D eigenvalue weighted by atomic mass is 9.78. The molecule has 0 saturated heterocycles. The predicted octanol–water partition coefficient (Wildman–Crippen LogP) is 5.71. The van der Waals surface area contributed by atoms with Crippen LogP contribution in [0.1, 0.15) is 70.3 Å². The number of carbonyl (C=O) groups is 2. The van der Waals surface area contributed by atoms with Gasteiger partial charge in [0, 0.05) is 25.3 Å². The molecule has 1 saturated carbocycles. The van der Waals surface area contributed by atoms with Gasteiger partial charge in [-0.15, -0.1) is 0 Å². The molecule has 1 heterocycles. The average Bonchev–Trinajstić information content (AvgIpc) is 3.35. The number of methoxy groups -OCH3 is 1. The van der Waals surface area contributed by atoms with Gasteiger partial charge in [0.2, 0.25) is 5.91 Å². The zero-order valence-electron chi connectivity index (χ0n) is 20.0. The highest BCUT2D eigenvalue weighted by Crippen LogP contribution is 2.46. The monoisotopic (exact) mass is 528 g/mol. The zero-order chi connectivity index (χ0) is 27.0. The van der Waals surface area contributed by atoms with Crippen LogP contribution in [0.15, 0.2) is 42.5 Å². The highest BCUT2D eigenvalue weighted by molar-refractivity contribution is 6.01. The molecule has 1 N–H and O–H groups in total. The first-order valence-electron chi connectivity index (χ1n) is 11.9. The van der Waals surface area contributed by atoms with Crippen molar-refractivity contribution in [3.8, 4) is 0 Å². The number of hydrogen-bond donors (Lipinski definition) is 1. The molecule has 0 spiro atoms. The van der Waals surface area contributed by atoms with Crippen molar-refractivity contribution in [2.75, 3.05) is 20.3 Å². The van der Waals surface area contributed by atoms with E-state index in [9.17, 15) is 35.9 Å². The van der Waals surface area contributed by atoms with Gasteiger partial charge in [-0.3, -0.25) is 9.59 Å². The Hall–Kier alpha value is -3.08. The molecule has 1 aliphatic heterocycles. The molecule has 0 bridgehead atoms. The first-order chi connectivity index (χ1) is 17.4. The number of nitrogens with zero attached hydrogens (tertiary/aromatic N) is 1. The quantitative estimate of drug-likeness (QED) is 0.489. The molecule has 2 atom stereocenters. The minimum Gasteiger partial charge on any atom is -0.383 e. The number of nitrogens with one attached hydrogen (secondary N) is 1. The molecule has 2 aliphatic rings. The number of ether oxygens (including phenoxy) is 1. The third kappa shape index (κ3) is 5.61. The maximum absolute atomic E-state index is 13.7. The van der Waals surface area contributed by atoms with Crippen LogP contribution >= 0.6 is 0 Å². The Labute approximate surface area is 209 Å². The standard InChI is InChI=1S/C26H26F6N2O3/c1-37-11-10-34-22(15-12-16(25(27,28)29)14-17(13-15)26(30,31)32)21(23(35)33-18-6-2-3-7-18)19-8-4-5-9-20(19)24(34)36/h4-5,8-9,12-14,18,21-22H,2-3,6-7,10-11H2,1H3,(H,33,35). The number of benzene rings is 2. The van der Waals surface area contributed by atoms with Crippen LogP contribution in [0.25, 0.3) is 0 Å². The highest BCUT2D eigenvalue weighted by Gasteiger charge is 2.46. The summed E-state index contributed by atoms with van der Waals surface area (Å²) in [4.78, 5) is 28.3. The van der Waals surface area contributed by atoms with Gasteiger partial charge < -0.3 is 15.0 Å². The SMILES string of the molecule is COCCN1C(=O)c2ccccc2C(C(=O)NC2CCCC2)C1c1cc(C(F)(F)F)cc(C(F)(F)F)c1. The maximum atomic E-state index is 13.7. The number of rotatable bonds is 6. The van der Waals surface area contributed by atoms with Crippen LogP contribution in [0.3, 0.4) is 0 Å². The summed E-state index contributed by atoms with van der Waals surface area (Å²) < 4.78 is 87.3. The lowest BCUT2D eigenvalue weighted by molar-refractivity contribution is -0.143. The van der Waals surface area contributed by atoms with E-state index in [0.29, 0.717) is 12.1 Å². The van der Waals surface area contributed by atoms with Crippen molar-refractivity contribution in [2.24, 2.45) is 0 Å². The van der Waals surface area contributed by atoms with Gasteiger partial charge in [-0.25, -0.2) is 0 Å². The molecule has 2 unspecified atom stereocenters. The number of amides is 2. The summed E-state index contributed by atoms with van der Waals surface area (Å²) in [7, 11) is 1.35. The number of hydrogen-bond acceptors (Lipinski definition) is 3. The van der Waals surface area contributed by atoms with E-state index in [2.05, 4.69) is 5.32 Å². The van der Waals surface area contributed by atoms with Crippen molar-refractivity contribution in [1.82, 2.24) is 10.2 Å². The van der Waals surface area contributed by atoms with E-state index in [4.69, 9.17) is 4.74 Å². The molecule has 2 aromatic carbocycles. The second-order valence-corrected chi connectivity index (χ2v) is 9.33. The first kappa shape index (κ1) is 27.0. The summed E-state index contributed by atoms with van der Waals surface area (Å²) in [5.74, 6) is -2.38. The van der Waals surface area contributed by atoms with E-state index in [1.54, 1.807) is 12.1 Å². The summed E-state index contributed by atoms with van der Waals surface area (Å²) in [5, 5.41) is 2.92. The Kier molecular flexibility index (Phi) is 7.55. The van der Waals surface area contributed by atoms with E-state index in [1.807, 2.05) is 0 Å². The maximum Gasteiger partial charge on any atom is 0.416 e. The molecule has 37 heavy (non-hydrogen) atoms. The zero-order valence-corrected chi connectivity index (χ0v) is 20.0. The van der Waals surface area contributed by atoms with Gasteiger partial charge in [-0.05, 0) is 48.2 Å². The van der Waals surface area contributed by atoms with Crippen molar-refractivity contribution < 1.29 is 40.7 Å². The summed E-state index contributed by atoms with van der Waals surface area (Å²) in [6, 6.07) is 5.84. The molecule has 0 radical (unpaired) electrons. The summed E-state index contributed by atoms with van der Waals surface area (Å²) in [6.07, 6.45) is -6.91.